The highest BCUT2D eigenvalue weighted by Gasteiger charge is 2.28. The van der Waals surface area contributed by atoms with E-state index < -0.39 is 35.7 Å². The summed E-state index contributed by atoms with van der Waals surface area (Å²) in [6.07, 6.45) is 18.6. The largest absolute Gasteiger partial charge is 0.353 e. The van der Waals surface area contributed by atoms with Crippen LogP contribution >= 0.6 is 0 Å². The minimum Gasteiger partial charge on any atom is -0.353 e. The molecule has 13 heteroatoms. The van der Waals surface area contributed by atoms with Gasteiger partial charge in [-0.1, -0.05) is 70.6 Å². The maximum absolute atomic E-state index is 13.2. The van der Waals surface area contributed by atoms with E-state index in [0.717, 1.165) is 71.0 Å². The first-order valence-corrected chi connectivity index (χ1v) is 17.5. The van der Waals surface area contributed by atoms with Crippen LogP contribution in [0.4, 0.5) is 0 Å². The molecule has 1 saturated heterocycles. The molecule has 5 amide bonds. The van der Waals surface area contributed by atoms with Gasteiger partial charge in [0, 0.05) is 25.5 Å². The van der Waals surface area contributed by atoms with E-state index in [1.807, 2.05) is 0 Å². The zero-order chi connectivity index (χ0) is 32.6. The third-order valence-electron chi connectivity index (χ3n) is 9.62. The van der Waals surface area contributed by atoms with Crippen LogP contribution in [0.3, 0.4) is 0 Å². The molecular formula is C33H54N8O5. The molecule has 0 spiro atoms. The van der Waals surface area contributed by atoms with Gasteiger partial charge >= 0.3 is 0 Å². The molecule has 4 rings (SSSR count). The predicted octanol–water partition coefficient (Wildman–Crippen LogP) is 1.77. The normalized spacial score (nSPS) is 19.4. The number of piperidine rings is 1. The van der Waals surface area contributed by atoms with E-state index in [1.165, 1.54) is 44.5 Å². The van der Waals surface area contributed by atoms with Crippen LogP contribution < -0.4 is 26.6 Å². The summed E-state index contributed by atoms with van der Waals surface area (Å²) in [5, 5.41) is 13.8. The standard InChI is InChI=1S/C33H54N8O5/c42-28(22-38-32(45)27(21-25-12-6-2-7-13-25)40-33(46)30-34-14-15-35-30)37-23-29(43)39-26(20-24-10-4-1-5-11-24)31(44)36-16-19-41-17-8-3-9-18-41/h14-15,24-27H,1-13,16-23H2,(H,34,35)(H,36,44)(H,37,42)(H,38,45)(H,39,43)(H,40,46)/t26-,27-/m0/s1. The van der Waals surface area contributed by atoms with Gasteiger partial charge in [-0.2, -0.15) is 0 Å². The third kappa shape index (κ3) is 12.4. The lowest BCUT2D eigenvalue weighted by molar-refractivity contribution is -0.130. The second kappa shape index (κ2) is 19.2. The molecule has 0 unspecified atom stereocenters. The Kier molecular flexibility index (Phi) is 14.8. The fraction of sp³-hybridized carbons (Fsp3) is 0.758. The Hall–Kier alpha value is -3.48. The number of carbonyl (C=O) groups is 5. The van der Waals surface area contributed by atoms with Gasteiger partial charge in [0.25, 0.3) is 5.91 Å². The SMILES string of the molecule is O=C(CNC(=O)[C@H](CC1CCCCC1)NC(=O)c1ncc[nH]1)NCC(=O)N[C@@H](CC1CCCCC1)C(=O)NCCN1CCCCC1. The lowest BCUT2D eigenvalue weighted by Crippen LogP contribution is -2.52. The second-order valence-electron chi connectivity index (χ2n) is 13.3. The quantitative estimate of drug-likeness (QED) is 0.159. The molecule has 1 aromatic rings. The van der Waals surface area contributed by atoms with Crippen LogP contribution in [0.1, 0.15) is 107 Å². The molecule has 0 aromatic carbocycles. The van der Waals surface area contributed by atoms with E-state index in [0.29, 0.717) is 31.2 Å². The monoisotopic (exact) mass is 642 g/mol. The maximum Gasteiger partial charge on any atom is 0.287 e. The van der Waals surface area contributed by atoms with Gasteiger partial charge in [-0.3, -0.25) is 24.0 Å². The number of carbonyl (C=O) groups excluding carboxylic acids is 5. The molecule has 1 aliphatic heterocycles. The van der Waals surface area contributed by atoms with E-state index in [9.17, 15) is 24.0 Å². The van der Waals surface area contributed by atoms with Crippen LogP contribution in [-0.4, -0.2) is 95.8 Å². The number of aromatic amines is 1. The number of imidazole rings is 1. The molecule has 2 saturated carbocycles. The van der Waals surface area contributed by atoms with Crippen molar-refractivity contribution in [1.29, 1.82) is 0 Å². The van der Waals surface area contributed by atoms with Crippen LogP contribution in [-0.2, 0) is 19.2 Å². The highest BCUT2D eigenvalue weighted by Crippen LogP contribution is 2.28. The second-order valence-corrected chi connectivity index (χ2v) is 13.3. The first kappa shape index (κ1) is 35.4. The Morgan fingerprint density at radius 3 is 1.89 bits per heavy atom. The van der Waals surface area contributed by atoms with Gasteiger partial charge in [-0.25, -0.2) is 4.98 Å². The first-order chi connectivity index (χ1) is 22.4. The average Bonchev–Trinajstić information content (AvgIpc) is 3.63. The van der Waals surface area contributed by atoms with Crippen LogP contribution in [0.25, 0.3) is 0 Å². The number of H-pyrrole nitrogens is 1. The zero-order valence-corrected chi connectivity index (χ0v) is 27.2. The van der Waals surface area contributed by atoms with Gasteiger partial charge in [-0.05, 0) is 50.6 Å². The number of aromatic nitrogens is 2. The fourth-order valence-electron chi connectivity index (χ4n) is 7.01. The Balaban J connectivity index is 1.22. The van der Waals surface area contributed by atoms with E-state index in [2.05, 4.69) is 41.5 Å². The lowest BCUT2D eigenvalue weighted by Gasteiger charge is -2.28. The van der Waals surface area contributed by atoms with Gasteiger partial charge in [-0.15, -0.1) is 0 Å². The summed E-state index contributed by atoms with van der Waals surface area (Å²) in [5.74, 6) is -1.31. The molecule has 2 heterocycles. The molecule has 0 radical (unpaired) electrons. The Labute approximate surface area is 272 Å². The minimum atomic E-state index is -0.814. The molecule has 2 atom stereocenters. The number of likely N-dealkylation sites (tertiary alicyclic amines) is 1. The van der Waals surface area contributed by atoms with Crippen LogP contribution in [0.5, 0.6) is 0 Å². The molecule has 1 aromatic heterocycles. The van der Waals surface area contributed by atoms with Crippen LogP contribution in [0.15, 0.2) is 12.4 Å². The van der Waals surface area contributed by atoms with E-state index in [1.54, 1.807) is 0 Å². The van der Waals surface area contributed by atoms with Crippen LogP contribution in [0.2, 0.25) is 0 Å². The Bertz CT molecular complexity index is 1110. The highest BCUT2D eigenvalue weighted by atomic mass is 16.2. The number of rotatable bonds is 16. The van der Waals surface area contributed by atoms with E-state index in [-0.39, 0.29) is 24.8 Å². The number of hydrogen-bond acceptors (Lipinski definition) is 7. The predicted molar refractivity (Wildman–Crippen MR) is 173 cm³/mol. The van der Waals surface area contributed by atoms with Crippen molar-refractivity contribution in [3.8, 4) is 0 Å². The van der Waals surface area contributed by atoms with Crippen molar-refractivity contribution >= 4 is 29.5 Å². The Morgan fingerprint density at radius 1 is 0.717 bits per heavy atom. The van der Waals surface area contributed by atoms with Crippen molar-refractivity contribution in [2.45, 2.75) is 108 Å². The van der Waals surface area contributed by atoms with Gasteiger partial charge in [0.15, 0.2) is 5.82 Å². The summed E-state index contributed by atoms with van der Waals surface area (Å²) in [7, 11) is 0. The topological polar surface area (TPSA) is 177 Å². The summed E-state index contributed by atoms with van der Waals surface area (Å²) in [5.41, 5.74) is 0. The molecule has 13 nitrogen and oxygen atoms in total. The maximum atomic E-state index is 13.2. The average molecular weight is 643 g/mol. The lowest BCUT2D eigenvalue weighted by atomic mass is 9.84. The summed E-state index contributed by atoms with van der Waals surface area (Å²) < 4.78 is 0. The highest BCUT2D eigenvalue weighted by molar-refractivity contribution is 5.96. The fourth-order valence-corrected chi connectivity index (χ4v) is 7.01. The van der Waals surface area contributed by atoms with Crippen molar-refractivity contribution in [2.24, 2.45) is 11.8 Å². The van der Waals surface area contributed by atoms with E-state index in [4.69, 9.17) is 0 Å². The van der Waals surface area contributed by atoms with Crippen molar-refractivity contribution in [3.63, 3.8) is 0 Å². The van der Waals surface area contributed by atoms with Crippen molar-refractivity contribution in [2.75, 3.05) is 39.3 Å². The Morgan fingerprint density at radius 2 is 1.28 bits per heavy atom. The van der Waals surface area contributed by atoms with Gasteiger partial charge in [0.1, 0.15) is 12.1 Å². The number of amides is 5. The van der Waals surface area contributed by atoms with Gasteiger partial charge < -0.3 is 36.5 Å². The smallest absolute Gasteiger partial charge is 0.287 e. The number of nitrogens with zero attached hydrogens (tertiary/aromatic N) is 2. The van der Waals surface area contributed by atoms with Crippen molar-refractivity contribution < 1.29 is 24.0 Å². The number of nitrogens with one attached hydrogen (secondary N) is 6. The van der Waals surface area contributed by atoms with Gasteiger partial charge in [0.2, 0.25) is 23.6 Å². The summed E-state index contributed by atoms with van der Waals surface area (Å²) >= 11 is 0. The van der Waals surface area contributed by atoms with Gasteiger partial charge in [0.05, 0.1) is 13.1 Å². The molecule has 2 aliphatic carbocycles. The summed E-state index contributed by atoms with van der Waals surface area (Å²) in [6, 6.07) is -1.47. The van der Waals surface area contributed by atoms with Crippen molar-refractivity contribution in [1.82, 2.24) is 41.5 Å². The van der Waals surface area contributed by atoms with Crippen molar-refractivity contribution in [3.05, 3.63) is 18.2 Å². The molecule has 0 bridgehead atoms. The molecule has 46 heavy (non-hydrogen) atoms. The molecule has 3 aliphatic rings. The minimum absolute atomic E-state index is 0.114. The van der Waals surface area contributed by atoms with Crippen LogP contribution in [0, 0.1) is 11.8 Å². The zero-order valence-electron chi connectivity index (χ0n) is 27.2. The molecule has 3 fully saturated rings. The summed E-state index contributed by atoms with van der Waals surface area (Å²) in [4.78, 5) is 73.4. The molecule has 256 valence electrons. The number of hydrogen-bond donors (Lipinski definition) is 6. The molecule has 6 N–H and O–H groups in total. The first-order valence-electron chi connectivity index (χ1n) is 17.5. The summed E-state index contributed by atoms with van der Waals surface area (Å²) in [6.45, 7) is 2.80. The molecular weight excluding hydrogens is 588 g/mol. The third-order valence-corrected chi connectivity index (χ3v) is 9.62. The van der Waals surface area contributed by atoms with E-state index >= 15 is 0 Å².